The van der Waals surface area contributed by atoms with Gasteiger partial charge in [0.1, 0.15) is 6.33 Å². The van der Waals surface area contributed by atoms with Gasteiger partial charge in [0.15, 0.2) is 0 Å². The van der Waals surface area contributed by atoms with Crippen molar-refractivity contribution in [3.05, 3.63) is 23.8 Å². The fraction of sp³-hybridized carbons (Fsp3) is 0.556. The van der Waals surface area contributed by atoms with Crippen LogP contribution in [0.4, 0.5) is 0 Å². The van der Waals surface area contributed by atoms with Gasteiger partial charge in [-0.3, -0.25) is 0 Å². The van der Waals surface area contributed by atoms with E-state index in [0.717, 1.165) is 20.0 Å². The maximum Gasteiger partial charge on any atom is 0.115 e. The highest BCUT2D eigenvalue weighted by atomic mass is 31.1. The Kier molecular flexibility index (Phi) is 2.79. The lowest BCUT2D eigenvalue weighted by Gasteiger charge is -2.21. The first-order valence-electron chi connectivity index (χ1n) is 4.04. The third-order valence-electron chi connectivity index (χ3n) is 2.07. The molecule has 0 bridgehead atoms. The van der Waals surface area contributed by atoms with Crippen LogP contribution in [0, 0.1) is 6.92 Å². The van der Waals surface area contributed by atoms with E-state index in [1.807, 2.05) is 6.92 Å². The quantitative estimate of drug-likeness (QED) is 0.656. The van der Waals surface area contributed by atoms with Gasteiger partial charge >= 0.3 is 0 Å². The van der Waals surface area contributed by atoms with Crippen molar-refractivity contribution in [1.29, 1.82) is 0 Å². The molecule has 0 N–H and O–H groups in total. The van der Waals surface area contributed by atoms with Gasteiger partial charge in [0.25, 0.3) is 0 Å². The van der Waals surface area contributed by atoms with Crippen LogP contribution in [0.1, 0.15) is 25.2 Å². The van der Waals surface area contributed by atoms with Gasteiger partial charge in [-0.25, -0.2) is 9.97 Å². The van der Waals surface area contributed by atoms with Crippen molar-refractivity contribution in [1.82, 2.24) is 9.97 Å². The molecule has 0 aliphatic heterocycles. The third-order valence-corrected chi connectivity index (χ3v) is 3.58. The predicted octanol–water partition coefficient (Wildman–Crippen LogP) is 2.33. The zero-order valence-corrected chi connectivity index (χ0v) is 9.05. The molecule has 0 fully saturated rings. The van der Waals surface area contributed by atoms with Crippen molar-refractivity contribution < 1.29 is 0 Å². The molecule has 1 aromatic heterocycles. The van der Waals surface area contributed by atoms with Gasteiger partial charge in [-0.15, -0.1) is 8.58 Å². The molecule has 0 saturated carbocycles. The van der Waals surface area contributed by atoms with Crippen molar-refractivity contribution in [2.24, 2.45) is 0 Å². The number of aromatic nitrogens is 2. The van der Waals surface area contributed by atoms with E-state index < -0.39 is 0 Å². The molecule has 0 aromatic carbocycles. The second-order valence-electron chi connectivity index (χ2n) is 3.42. The van der Waals surface area contributed by atoms with Crippen LogP contribution >= 0.6 is 8.58 Å². The maximum absolute atomic E-state index is 4.28. The molecule has 0 saturated heterocycles. The summed E-state index contributed by atoms with van der Waals surface area (Å²) in [7, 11) is 0.868. The number of hydrogen-bond donors (Lipinski definition) is 0. The summed E-state index contributed by atoms with van der Waals surface area (Å²) in [6.45, 7) is 8.64. The summed E-state index contributed by atoms with van der Waals surface area (Å²) >= 11 is 0. The Bertz CT molecular complexity index is 271. The normalized spacial score (nSPS) is 12.7. The number of rotatable bonds is 2. The molecule has 1 aromatic rings. The zero-order chi connectivity index (χ0) is 9.19. The minimum Gasteiger partial charge on any atom is -0.242 e. The smallest absolute Gasteiger partial charge is 0.115 e. The van der Waals surface area contributed by atoms with Crippen LogP contribution in [-0.2, 0) is 5.16 Å². The molecular weight excluding hydrogens is 167 g/mol. The molecule has 3 heteroatoms. The van der Waals surface area contributed by atoms with Crippen LogP contribution in [0.3, 0.4) is 0 Å². The summed E-state index contributed by atoms with van der Waals surface area (Å²) in [5.74, 6) is 0. The fourth-order valence-corrected chi connectivity index (χ4v) is 1.32. The highest BCUT2D eigenvalue weighted by Crippen LogP contribution is 2.36. The summed E-state index contributed by atoms with van der Waals surface area (Å²) in [6.07, 6.45) is 1.65. The predicted molar refractivity (Wildman–Crippen MR) is 54.0 cm³/mol. The zero-order valence-electron chi connectivity index (χ0n) is 8.05. The Morgan fingerprint density at radius 2 is 2.00 bits per heavy atom. The van der Waals surface area contributed by atoms with E-state index in [-0.39, 0.29) is 5.16 Å². The fourth-order valence-electron chi connectivity index (χ4n) is 0.924. The van der Waals surface area contributed by atoms with Gasteiger partial charge in [-0.05, 0) is 19.7 Å². The average molecular weight is 182 g/mol. The van der Waals surface area contributed by atoms with E-state index >= 15 is 0 Å². The molecule has 0 amide bonds. The van der Waals surface area contributed by atoms with Gasteiger partial charge < -0.3 is 0 Å². The first-order valence-corrected chi connectivity index (χ1v) is 5.54. The minimum atomic E-state index is 0.202. The second kappa shape index (κ2) is 3.49. The van der Waals surface area contributed by atoms with Crippen molar-refractivity contribution in [3.63, 3.8) is 0 Å². The maximum atomic E-state index is 4.28. The minimum absolute atomic E-state index is 0.202. The Balaban J connectivity index is 3.03. The average Bonchev–Trinajstić information content (AvgIpc) is 2.05. The summed E-state index contributed by atoms with van der Waals surface area (Å²) in [5.41, 5.74) is 2.20. The number of hydrogen-bond acceptors (Lipinski definition) is 2. The van der Waals surface area contributed by atoms with Crippen molar-refractivity contribution in [2.45, 2.75) is 25.9 Å². The van der Waals surface area contributed by atoms with Gasteiger partial charge in [-0.2, -0.15) is 0 Å². The van der Waals surface area contributed by atoms with E-state index in [2.05, 4.69) is 36.5 Å². The summed E-state index contributed by atoms with van der Waals surface area (Å²) in [6, 6.07) is 2.07. The molecule has 0 aliphatic carbocycles. The van der Waals surface area contributed by atoms with E-state index in [9.17, 15) is 0 Å². The molecule has 1 rings (SSSR count). The van der Waals surface area contributed by atoms with Gasteiger partial charge in [0.2, 0.25) is 0 Å². The lowest BCUT2D eigenvalue weighted by atomic mass is 10.1. The van der Waals surface area contributed by atoms with Crippen molar-refractivity contribution in [2.75, 3.05) is 6.66 Å². The molecule has 12 heavy (non-hydrogen) atoms. The monoisotopic (exact) mass is 182 g/mol. The molecule has 1 unspecified atom stereocenters. The van der Waals surface area contributed by atoms with Crippen molar-refractivity contribution in [3.8, 4) is 0 Å². The summed E-state index contributed by atoms with van der Waals surface area (Å²) in [5, 5.41) is 0.202. The van der Waals surface area contributed by atoms with E-state index in [4.69, 9.17) is 0 Å². The summed E-state index contributed by atoms with van der Waals surface area (Å²) < 4.78 is 0. The summed E-state index contributed by atoms with van der Waals surface area (Å²) in [4.78, 5) is 8.36. The number of aryl methyl sites for hydroxylation is 1. The van der Waals surface area contributed by atoms with Crippen LogP contribution in [0.25, 0.3) is 0 Å². The third kappa shape index (κ3) is 2.01. The van der Waals surface area contributed by atoms with Gasteiger partial charge in [0, 0.05) is 10.9 Å². The second-order valence-corrected chi connectivity index (χ2v) is 5.17. The van der Waals surface area contributed by atoms with E-state index in [1.54, 1.807) is 6.33 Å². The molecule has 66 valence electrons. The highest BCUT2D eigenvalue weighted by molar-refractivity contribution is 7.38. The van der Waals surface area contributed by atoms with Crippen LogP contribution in [0.5, 0.6) is 0 Å². The van der Waals surface area contributed by atoms with Crippen LogP contribution < -0.4 is 0 Å². The molecule has 0 aliphatic rings. The topological polar surface area (TPSA) is 25.8 Å². The van der Waals surface area contributed by atoms with Crippen LogP contribution in [0.2, 0.25) is 0 Å². The Morgan fingerprint density at radius 3 is 2.50 bits per heavy atom. The molecule has 0 radical (unpaired) electrons. The molecule has 2 nitrogen and oxygen atoms in total. The van der Waals surface area contributed by atoms with Crippen LogP contribution in [-0.4, -0.2) is 16.6 Å². The van der Waals surface area contributed by atoms with Gasteiger partial charge in [0.05, 0.1) is 5.69 Å². The molecule has 0 spiro atoms. The van der Waals surface area contributed by atoms with E-state index in [0.29, 0.717) is 0 Å². The Labute approximate surface area is 75.6 Å². The van der Waals surface area contributed by atoms with Gasteiger partial charge in [-0.1, -0.05) is 13.8 Å². The molecule has 1 atom stereocenters. The number of nitrogens with zero attached hydrogens (tertiary/aromatic N) is 2. The van der Waals surface area contributed by atoms with E-state index in [1.165, 1.54) is 0 Å². The Morgan fingerprint density at radius 1 is 1.33 bits per heavy atom. The largest absolute Gasteiger partial charge is 0.242 e. The molecule has 1 heterocycles. The lowest BCUT2D eigenvalue weighted by molar-refractivity contribution is 0.732. The SMILES string of the molecule is CPC(C)(C)c1cc(C)ncn1. The first kappa shape index (κ1) is 9.60. The highest BCUT2D eigenvalue weighted by Gasteiger charge is 2.19. The first-order chi connectivity index (χ1) is 5.56. The Hall–Kier alpha value is -0.490. The van der Waals surface area contributed by atoms with Crippen molar-refractivity contribution >= 4 is 8.58 Å². The molecular formula is C9H15N2P. The standard InChI is InChI=1S/C9H15N2P/c1-7-5-8(11-6-10-7)9(2,3)12-4/h5-6,12H,1-4H3. The lowest BCUT2D eigenvalue weighted by Crippen LogP contribution is -2.12. The van der Waals surface area contributed by atoms with Crippen LogP contribution in [0.15, 0.2) is 12.4 Å².